The number of aromatic nitrogens is 1. The number of hydrogen-bond donors (Lipinski definition) is 1. The lowest BCUT2D eigenvalue weighted by molar-refractivity contribution is 0.0115. The summed E-state index contributed by atoms with van der Waals surface area (Å²) in [5.41, 5.74) is 6.26. The summed E-state index contributed by atoms with van der Waals surface area (Å²) in [7, 11) is -1.94. The number of ether oxygens (including phenoxy) is 1. The minimum absolute atomic E-state index is 0.00781. The van der Waals surface area contributed by atoms with E-state index in [1.54, 1.807) is 6.07 Å². The molecule has 0 amide bonds. The monoisotopic (exact) mass is 622 g/mol. The van der Waals surface area contributed by atoms with Gasteiger partial charge in [0.05, 0.1) is 42.7 Å². The molecule has 0 bridgehead atoms. The Bertz CT molecular complexity index is 1730. The van der Waals surface area contributed by atoms with Crippen LogP contribution in [-0.4, -0.2) is 76.0 Å². The number of ketones is 1. The highest BCUT2D eigenvalue weighted by molar-refractivity contribution is 6.74. The number of carbonyl (C=O) groups excluding carboxylic acids is 1. The van der Waals surface area contributed by atoms with E-state index in [0.29, 0.717) is 29.3 Å². The molecule has 45 heavy (non-hydrogen) atoms. The summed E-state index contributed by atoms with van der Waals surface area (Å²) >= 11 is 0. The average molecular weight is 623 g/mol. The van der Waals surface area contributed by atoms with Gasteiger partial charge in [0.25, 0.3) is 0 Å². The Balaban J connectivity index is 1.38. The van der Waals surface area contributed by atoms with E-state index in [4.69, 9.17) is 9.16 Å². The molecule has 1 aromatic heterocycles. The largest absolute Gasteiger partial charge is 0.406 e. The van der Waals surface area contributed by atoms with Crippen LogP contribution in [0.5, 0.6) is 0 Å². The van der Waals surface area contributed by atoms with Gasteiger partial charge < -0.3 is 19.0 Å². The molecule has 8 heteroatoms. The summed E-state index contributed by atoms with van der Waals surface area (Å²) in [5, 5.41) is 10.5. The second-order valence-electron chi connectivity index (χ2n) is 14.8. The number of nitrogens with one attached hydrogen (secondary N) is 1. The lowest BCUT2D eigenvalue weighted by Crippen LogP contribution is -2.49. The quantitative estimate of drug-likeness (QED) is 0.261. The van der Waals surface area contributed by atoms with Crippen LogP contribution in [0.4, 0.5) is 5.69 Å². The topological polar surface area (TPSA) is 81.6 Å². The molecular weight excluding hydrogens is 577 g/mol. The highest BCUT2D eigenvalue weighted by Crippen LogP contribution is 2.46. The molecule has 6 rings (SSSR count). The molecule has 2 aliphatic heterocycles. The third-order valence-electron chi connectivity index (χ3n) is 10.7. The number of carbonyl (C=O) groups is 1. The maximum atomic E-state index is 14.3. The van der Waals surface area contributed by atoms with Crippen molar-refractivity contribution in [3.05, 3.63) is 63.8 Å². The third-order valence-corrected chi connectivity index (χ3v) is 15.2. The van der Waals surface area contributed by atoms with Crippen LogP contribution >= 0.6 is 0 Å². The van der Waals surface area contributed by atoms with Crippen molar-refractivity contribution in [3.8, 4) is 17.9 Å². The number of H-pyrrole nitrogens is 1. The Morgan fingerprint density at radius 2 is 1.80 bits per heavy atom. The van der Waals surface area contributed by atoms with Crippen LogP contribution in [0.3, 0.4) is 0 Å². The average Bonchev–Trinajstić information content (AvgIpc) is 3.42. The molecule has 7 nitrogen and oxygen atoms in total. The van der Waals surface area contributed by atoms with E-state index < -0.39 is 13.7 Å². The van der Waals surface area contributed by atoms with Gasteiger partial charge in [0.1, 0.15) is 0 Å². The maximum absolute atomic E-state index is 14.3. The number of piperidine rings is 1. The summed E-state index contributed by atoms with van der Waals surface area (Å²) in [6, 6.07) is 12.6. The van der Waals surface area contributed by atoms with E-state index in [0.717, 1.165) is 85.6 Å². The SMILES string of the molecule is CC1(C)c2cc(N3CCC(N4CCOCC4)CC3)c(C#CCO[Si](C)(C)C(C)(C)C)cc2C(=O)c2c1[nH]c1cc(C#N)ccc21. The Hall–Kier alpha value is -3.40. The number of rotatable bonds is 4. The summed E-state index contributed by atoms with van der Waals surface area (Å²) < 4.78 is 12.0. The van der Waals surface area contributed by atoms with Gasteiger partial charge in [0, 0.05) is 65.4 Å². The molecule has 2 fully saturated rings. The molecule has 1 N–H and O–H groups in total. The molecule has 3 aromatic rings. The molecule has 3 heterocycles. The van der Waals surface area contributed by atoms with Crippen molar-refractivity contribution in [2.24, 2.45) is 0 Å². The van der Waals surface area contributed by atoms with Crippen LogP contribution in [0.15, 0.2) is 30.3 Å². The van der Waals surface area contributed by atoms with Gasteiger partial charge in [-0.1, -0.05) is 52.5 Å². The molecular formula is C37H46N4O3Si. The Labute approximate surface area is 269 Å². The van der Waals surface area contributed by atoms with Gasteiger partial charge in [-0.15, -0.1) is 0 Å². The Morgan fingerprint density at radius 3 is 2.47 bits per heavy atom. The highest BCUT2D eigenvalue weighted by atomic mass is 28.4. The van der Waals surface area contributed by atoms with E-state index in [9.17, 15) is 10.1 Å². The predicted molar refractivity (Wildman–Crippen MR) is 183 cm³/mol. The predicted octanol–water partition coefficient (Wildman–Crippen LogP) is 6.58. The summed E-state index contributed by atoms with van der Waals surface area (Å²) in [4.78, 5) is 22.9. The summed E-state index contributed by atoms with van der Waals surface area (Å²) in [6.45, 7) is 21.5. The molecule has 0 saturated carbocycles. The number of anilines is 1. The van der Waals surface area contributed by atoms with Crippen LogP contribution < -0.4 is 4.90 Å². The van der Waals surface area contributed by atoms with Crippen molar-refractivity contribution >= 4 is 30.7 Å². The van der Waals surface area contributed by atoms with Gasteiger partial charge in [-0.2, -0.15) is 5.26 Å². The summed E-state index contributed by atoms with van der Waals surface area (Å²) in [5.74, 6) is 6.80. The zero-order valence-electron chi connectivity index (χ0n) is 27.9. The van der Waals surface area contributed by atoms with Gasteiger partial charge >= 0.3 is 0 Å². The molecule has 236 valence electrons. The molecule has 0 spiro atoms. The van der Waals surface area contributed by atoms with Crippen molar-refractivity contribution in [1.82, 2.24) is 9.88 Å². The zero-order chi connectivity index (χ0) is 32.1. The van der Waals surface area contributed by atoms with Crippen LogP contribution in [0.1, 0.15) is 85.8 Å². The fraction of sp³-hybridized carbons (Fsp3) is 0.514. The van der Waals surface area contributed by atoms with Gasteiger partial charge in [0.15, 0.2) is 14.1 Å². The minimum atomic E-state index is -1.94. The number of aromatic amines is 1. The van der Waals surface area contributed by atoms with Crippen LogP contribution in [-0.2, 0) is 14.6 Å². The fourth-order valence-electron chi connectivity index (χ4n) is 6.87. The lowest BCUT2D eigenvalue weighted by atomic mass is 9.70. The fourth-order valence-corrected chi connectivity index (χ4v) is 7.74. The molecule has 1 aliphatic carbocycles. The number of fused-ring (bicyclic) bond motifs is 4. The van der Waals surface area contributed by atoms with Crippen LogP contribution in [0.2, 0.25) is 18.1 Å². The standard InChI is InChI=1S/C37H46N4O3Si/c1-36(2,3)45(6,7)44-18-8-9-26-22-29-30(23-32(26)41-14-12-27(13-15-41)40-16-19-43-20-17-40)37(4,5)35-33(34(29)42)28-11-10-25(24-38)21-31(28)39-35/h10-11,21-23,27,39H,12-20H2,1-7H3. The van der Waals surface area contributed by atoms with Crippen LogP contribution in [0.25, 0.3) is 10.9 Å². The van der Waals surface area contributed by atoms with Gasteiger partial charge in [-0.25, -0.2) is 0 Å². The van der Waals surface area contributed by atoms with E-state index in [-0.39, 0.29) is 10.8 Å². The molecule has 0 unspecified atom stereocenters. The first kappa shape index (κ1) is 31.6. The van der Waals surface area contributed by atoms with E-state index in [1.165, 1.54) is 0 Å². The number of morpholine rings is 1. The second-order valence-corrected chi connectivity index (χ2v) is 19.6. The third kappa shape index (κ3) is 5.75. The lowest BCUT2D eigenvalue weighted by Gasteiger charge is -2.41. The molecule has 3 aliphatic rings. The first-order chi connectivity index (χ1) is 21.3. The number of nitrogens with zero attached hydrogens (tertiary/aromatic N) is 3. The molecule has 0 atom stereocenters. The van der Waals surface area contributed by atoms with E-state index in [2.05, 4.69) is 86.5 Å². The van der Waals surface area contributed by atoms with E-state index >= 15 is 0 Å². The second kappa shape index (κ2) is 11.8. The maximum Gasteiger partial charge on any atom is 0.195 e. The van der Waals surface area contributed by atoms with Crippen molar-refractivity contribution < 1.29 is 14.0 Å². The highest BCUT2D eigenvalue weighted by Gasteiger charge is 2.41. The molecule has 0 radical (unpaired) electrons. The molecule has 2 saturated heterocycles. The van der Waals surface area contributed by atoms with Crippen molar-refractivity contribution in [3.63, 3.8) is 0 Å². The first-order valence-corrected chi connectivity index (χ1v) is 19.2. The van der Waals surface area contributed by atoms with Crippen LogP contribution in [0, 0.1) is 23.2 Å². The van der Waals surface area contributed by atoms with Crippen molar-refractivity contribution in [1.29, 1.82) is 5.26 Å². The minimum Gasteiger partial charge on any atom is -0.406 e. The first-order valence-electron chi connectivity index (χ1n) is 16.3. The number of nitriles is 1. The van der Waals surface area contributed by atoms with Crippen molar-refractivity contribution in [2.45, 2.75) is 77.0 Å². The summed E-state index contributed by atoms with van der Waals surface area (Å²) in [6.07, 6.45) is 2.18. The number of benzene rings is 2. The zero-order valence-corrected chi connectivity index (χ0v) is 28.9. The van der Waals surface area contributed by atoms with Gasteiger partial charge in [-0.05, 0) is 60.8 Å². The van der Waals surface area contributed by atoms with Crippen molar-refractivity contribution in [2.75, 3.05) is 50.9 Å². The number of hydrogen-bond acceptors (Lipinski definition) is 6. The van der Waals surface area contributed by atoms with Gasteiger partial charge in [0.2, 0.25) is 0 Å². The molecule has 2 aromatic carbocycles. The van der Waals surface area contributed by atoms with Gasteiger partial charge in [-0.3, -0.25) is 9.69 Å². The smallest absolute Gasteiger partial charge is 0.195 e. The van der Waals surface area contributed by atoms with E-state index in [1.807, 2.05) is 18.2 Å². The Kier molecular flexibility index (Phi) is 8.25. The Morgan fingerprint density at radius 1 is 1.09 bits per heavy atom. The normalized spacial score (nSPS) is 19.1.